The van der Waals surface area contributed by atoms with Crippen molar-refractivity contribution in [1.29, 1.82) is 0 Å². The molecule has 5 nitrogen and oxygen atoms in total. The number of hydrogen-bond acceptors (Lipinski definition) is 4. The Labute approximate surface area is 142 Å². The van der Waals surface area contributed by atoms with E-state index in [0.29, 0.717) is 12.1 Å². The standard InChI is InChI=1S/C19H24N2O3/c1-23-16-9-7-15(8-10-16)19(22)20-14-17(18-6-5-13-24-18)21-11-3-2-4-12-21/h5-10,13,17H,2-4,11-12,14H2,1H3,(H,20,22)/t17-/m0/s1. The minimum absolute atomic E-state index is 0.0776. The summed E-state index contributed by atoms with van der Waals surface area (Å²) in [4.78, 5) is 14.8. The van der Waals surface area contributed by atoms with Gasteiger partial charge in [-0.2, -0.15) is 0 Å². The van der Waals surface area contributed by atoms with Crippen molar-refractivity contribution in [3.63, 3.8) is 0 Å². The summed E-state index contributed by atoms with van der Waals surface area (Å²) in [6.07, 6.45) is 5.37. The van der Waals surface area contributed by atoms with Crippen LogP contribution in [0.2, 0.25) is 0 Å². The molecular weight excluding hydrogens is 304 g/mol. The van der Waals surface area contributed by atoms with Gasteiger partial charge in [-0.25, -0.2) is 0 Å². The van der Waals surface area contributed by atoms with Gasteiger partial charge in [0.25, 0.3) is 5.91 Å². The summed E-state index contributed by atoms with van der Waals surface area (Å²) in [7, 11) is 1.61. The lowest BCUT2D eigenvalue weighted by Crippen LogP contribution is -2.40. The van der Waals surface area contributed by atoms with Crippen molar-refractivity contribution in [2.24, 2.45) is 0 Å². The van der Waals surface area contributed by atoms with Crippen molar-refractivity contribution >= 4 is 5.91 Å². The van der Waals surface area contributed by atoms with E-state index in [1.54, 1.807) is 37.6 Å². The molecule has 2 aromatic rings. The summed E-state index contributed by atoms with van der Waals surface area (Å²) >= 11 is 0. The molecule has 0 saturated carbocycles. The quantitative estimate of drug-likeness (QED) is 0.884. The summed E-state index contributed by atoms with van der Waals surface area (Å²) < 4.78 is 10.7. The van der Waals surface area contributed by atoms with Gasteiger partial charge < -0.3 is 14.5 Å². The predicted molar refractivity (Wildman–Crippen MR) is 92.2 cm³/mol. The van der Waals surface area contributed by atoms with Crippen molar-refractivity contribution in [1.82, 2.24) is 10.2 Å². The number of piperidine rings is 1. The predicted octanol–water partition coefficient (Wildman–Crippen LogP) is 3.25. The molecule has 1 aliphatic heterocycles. The number of benzene rings is 1. The molecule has 0 radical (unpaired) electrons. The van der Waals surface area contributed by atoms with E-state index in [0.717, 1.165) is 24.6 Å². The van der Waals surface area contributed by atoms with E-state index in [4.69, 9.17) is 9.15 Å². The fourth-order valence-corrected chi connectivity index (χ4v) is 3.15. The zero-order valence-electron chi connectivity index (χ0n) is 14.0. The van der Waals surface area contributed by atoms with Crippen molar-refractivity contribution in [3.8, 4) is 5.75 Å². The minimum Gasteiger partial charge on any atom is -0.497 e. The van der Waals surface area contributed by atoms with E-state index in [1.165, 1.54) is 19.3 Å². The highest BCUT2D eigenvalue weighted by Gasteiger charge is 2.25. The molecular formula is C19H24N2O3. The summed E-state index contributed by atoms with van der Waals surface area (Å²) in [6.45, 7) is 2.63. The maximum absolute atomic E-state index is 12.4. The monoisotopic (exact) mass is 328 g/mol. The van der Waals surface area contributed by atoms with Gasteiger partial charge >= 0.3 is 0 Å². The first-order chi connectivity index (χ1) is 11.8. The Bertz CT molecular complexity index is 631. The van der Waals surface area contributed by atoms with E-state index < -0.39 is 0 Å². The molecule has 1 aromatic carbocycles. The van der Waals surface area contributed by atoms with Crippen LogP contribution in [-0.4, -0.2) is 37.6 Å². The third-order valence-electron chi connectivity index (χ3n) is 4.51. The average Bonchev–Trinajstić information content (AvgIpc) is 3.17. The molecule has 1 aromatic heterocycles. The molecule has 0 spiro atoms. The highest BCUT2D eigenvalue weighted by molar-refractivity contribution is 5.94. The van der Waals surface area contributed by atoms with Crippen molar-refractivity contribution in [3.05, 3.63) is 54.0 Å². The second-order valence-electron chi connectivity index (χ2n) is 6.07. The van der Waals surface area contributed by atoms with E-state index in [-0.39, 0.29) is 11.9 Å². The number of hydrogen-bond donors (Lipinski definition) is 1. The normalized spacial score (nSPS) is 16.5. The van der Waals surface area contributed by atoms with E-state index >= 15 is 0 Å². The molecule has 1 atom stereocenters. The number of ether oxygens (including phenoxy) is 1. The van der Waals surface area contributed by atoms with Crippen LogP contribution in [0.15, 0.2) is 47.1 Å². The van der Waals surface area contributed by atoms with Crippen molar-refractivity contribution < 1.29 is 13.9 Å². The molecule has 1 amide bonds. The number of likely N-dealkylation sites (tertiary alicyclic amines) is 1. The van der Waals surface area contributed by atoms with Gasteiger partial charge in [0.1, 0.15) is 11.5 Å². The molecule has 1 aliphatic rings. The molecule has 0 unspecified atom stereocenters. The van der Waals surface area contributed by atoms with Gasteiger partial charge in [-0.05, 0) is 62.3 Å². The molecule has 5 heteroatoms. The number of methoxy groups -OCH3 is 1. The molecule has 1 N–H and O–H groups in total. The number of nitrogens with zero attached hydrogens (tertiary/aromatic N) is 1. The third-order valence-corrected chi connectivity index (χ3v) is 4.51. The maximum atomic E-state index is 12.4. The molecule has 1 saturated heterocycles. The van der Waals surface area contributed by atoms with Crippen LogP contribution in [0, 0.1) is 0 Å². The zero-order valence-corrected chi connectivity index (χ0v) is 14.0. The number of rotatable bonds is 6. The number of carbonyl (C=O) groups excluding carboxylic acids is 1. The Balaban J connectivity index is 1.65. The highest BCUT2D eigenvalue weighted by Crippen LogP contribution is 2.24. The molecule has 0 aliphatic carbocycles. The average molecular weight is 328 g/mol. The van der Waals surface area contributed by atoms with Gasteiger partial charge in [-0.1, -0.05) is 6.42 Å². The largest absolute Gasteiger partial charge is 0.497 e. The Hall–Kier alpha value is -2.27. The first-order valence-electron chi connectivity index (χ1n) is 8.47. The Kier molecular flexibility index (Phi) is 5.54. The van der Waals surface area contributed by atoms with Crippen LogP contribution in [0.4, 0.5) is 0 Å². The number of amides is 1. The van der Waals surface area contributed by atoms with Crippen LogP contribution in [0.3, 0.4) is 0 Å². The zero-order chi connectivity index (χ0) is 16.8. The second kappa shape index (κ2) is 8.02. The summed E-state index contributed by atoms with van der Waals surface area (Å²) in [5.74, 6) is 1.58. The van der Waals surface area contributed by atoms with E-state index in [1.807, 2.05) is 12.1 Å². The van der Waals surface area contributed by atoms with Crippen LogP contribution in [-0.2, 0) is 0 Å². The maximum Gasteiger partial charge on any atom is 0.251 e. The second-order valence-corrected chi connectivity index (χ2v) is 6.07. The fourth-order valence-electron chi connectivity index (χ4n) is 3.15. The van der Waals surface area contributed by atoms with E-state index in [2.05, 4.69) is 10.2 Å². The number of nitrogens with one attached hydrogen (secondary N) is 1. The van der Waals surface area contributed by atoms with Gasteiger partial charge in [0.05, 0.1) is 19.4 Å². The summed E-state index contributed by atoms with van der Waals surface area (Å²) in [6, 6.07) is 11.1. The summed E-state index contributed by atoms with van der Waals surface area (Å²) in [5.41, 5.74) is 0.632. The lowest BCUT2D eigenvalue weighted by Gasteiger charge is -2.33. The van der Waals surface area contributed by atoms with Crippen LogP contribution < -0.4 is 10.1 Å². The molecule has 128 valence electrons. The lowest BCUT2D eigenvalue weighted by molar-refractivity contribution is 0.0914. The smallest absolute Gasteiger partial charge is 0.251 e. The first-order valence-corrected chi connectivity index (χ1v) is 8.47. The lowest BCUT2D eigenvalue weighted by atomic mass is 10.1. The van der Waals surface area contributed by atoms with Crippen LogP contribution in [0.5, 0.6) is 5.75 Å². The van der Waals surface area contributed by atoms with E-state index in [9.17, 15) is 4.79 Å². The molecule has 24 heavy (non-hydrogen) atoms. The number of furan rings is 1. The van der Waals surface area contributed by atoms with Gasteiger partial charge in [-0.3, -0.25) is 9.69 Å². The van der Waals surface area contributed by atoms with Crippen LogP contribution in [0.1, 0.15) is 41.4 Å². The molecule has 1 fully saturated rings. The SMILES string of the molecule is COc1ccc(C(=O)NC[C@@H](c2ccco2)N2CCCCC2)cc1. The van der Waals surface area contributed by atoms with Gasteiger partial charge in [0, 0.05) is 12.1 Å². The fraction of sp³-hybridized carbons (Fsp3) is 0.421. The molecule has 3 rings (SSSR count). The minimum atomic E-state index is -0.0776. The van der Waals surface area contributed by atoms with Crippen LogP contribution in [0.25, 0.3) is 0 Å². The third kappa shape index (κ3) is 3.97. The van der Waals surface area contributed by atoms with Gasteiger partial charge in [0.15, 0.2) is 0 Å². The van der Waals surface area contributed by atoms with Gasteiger partial charge in [-0.15, -0.1) is 0 Å². The van der Waals surface area contributed by atoms with Gasteiger partial charge in [0.2, 0.25) is 0 Å². The summed E-state index contributed by atoms with van der Waals surface area (Å²) in [5, 5.41) is 3.04. The van der Waals surface area contributed by atoms with Crippen LogP contribution >= 0.6 is 0 Å². The Morgan fingerprint density at radius 1 is 1.21 bits per heavy atom. The highest BCUT2D eigenvalue weighted by atomic mass is 16.5. The topological polar surface area (TPSA) is 54.7 Å². The van der Waals surface area contributed by atoms with Crippen molar-refractivity contribution in [2.45, 2.75) is 25.3 Å². The van der Waals surface area contributed by atoms with Crippen molar-refractivity contribution in [2.75, 3.05) is 26.7 Å². The Morgan fingerprint density at radius 2 is 1.96 bits per heavy atom. The number of carbonyl (C=O) groups is 1. The molecule has 0 bridgehead atoms. The molecule has 2 heterocycles. The Morgan fingerprint density at radius 3 is 2.58 bits per heavy atom. The first kappa shape index (κ1) is 16.6.